The van der Waals surface area contributed by atoms with Crippen LogP contribution in [-0.4, -0.2) is 41.5 Å². The highest BCUT2D eigenvalue weighted by Crippen LogP contribution is 2.30. The largest absolute Gasteiger partial charge is 0.432 e. The molecule has 1 unspecified atom stereocenters. The first-order chi connectivity index (χ1) is 13.1. The average molecular weight is 372 g/mol. The fraction of sp³-hybridized carbons (Fsp3) is 0.381. The highest BCUT2D eigenvalue weighted by atomic mass is 16.8. The zero-order chi connectivity index (χ0) is 19.2. The molecule has 2 aromatic carbocycles. The van der Waals surface area contributed by atoms with E-state index in [-0.39, 0.29) is 0 Å². The Morgan fingerprint density at radius 1 is 1.07 bits per heavy atom. The SMILES string of the molecule is Cc1ccccc1C(=O)O[C@@H]1OC(O)[C@H](O)[C@@H]1CCOCc1ccccc1. The second-order valence-electron chi connectivity index (χ2n) is 6.60. The molecule has 0 spiro atoms. The maximum Gasteiger partial charge on any atom is 0.340 e. The molecule has 1 aliphatic heterocycles. The predicted octanol–water partition coefficient (Wildman–Crippen LogP) is 2.41. The van der Waals surface area contributed by atoms with Crippen LogP contribution >= 0.6 is 0 Å². The van der Waals surface area contributed by atoms with Crippen LogP contribution in [0, 0.1) is 12.8 Å². The minimum absolute atomic E-state index is 0.338. The quantitative estimate of drug-likeness (QED) is 0.574. The molecule has 0 aliphatic carbocycles. The highest BCUT2D eigenvalue weighted by molar-refractivity contribution is 5.91. The van der Waals surface area contributed by atoms with Crippen molar-refractivity contribution in [3.63, 3.8) is 0 Å². The van der Waals surface area contributed by atoms with Crippen molar-refractivity contribution in [3.05, 3.63) is 71.3 Å². The molecule has 0 bridgehead atoms. The van der Waals surface area contributed by atoms with Gasteiger partial charge in [-0.05, 0) is 30.5 Å². The topological polar surface area (TPSA) is 85.2 Å². The summed E-state index contributed by atoms with van der Waals surface area (Å²) in [5.74, 6) is -1.11. The Hall–Kier alpha value is -2.25. The summed E-state index contributed by atoms with van der Waals surface area (Å²) in [5.41, 5.74) is 2.25. The molecule has 6 nitrogen and oxygen atoms in total. The Kier molecular flexibility index (Phi) is 6.58. The van der Waals surface area contributed by atoms with Crippen LogP contribution < -0.4 is 0 Å². The molecule has 0 amide bonds. The summed E-state index contributed by atoms with van der Waals surface area (Å²) in [6.45, 7) is 2.59. The van der Waals surface area contributed by atoms with Gasteiger partial charge >= 0.3 is 5.97 Å². The van der Waals surface area contributed by atoms with E-state index in [9.17, 15) is 15.0 Å². The number of hydrogen-bond donors (Lipinski definition) is 2. The van der Waals surface area contributed by atoms with Crippen molar-refractivity contribution in [1.29, 1.82) is 0 Å². The van der Waals surface area contributed by atoms with E-state index in [4.69, 9.17) is 14.2 Å². The number of carbonyl (C=O) groups excluding carboxylic acids is 1. The van der Waals surface area contributed by atoms with Gasteiger partial charge in [-0.1, -0.05) is 48.5 Å². The molecule has 2 aromatic rings. The minimum atomic E-state index is -1.39. The smallest absolute Gasteiger partial charge is 0.340 e. The fourth-order valence-corrected chi connectivity index (χ4v) is 3.07. The number of hydrogen-bond acceptors (Lipinski definition) is 6. The summed E-state index contributed by atoms with van der Waals surface area (Å²) < 4.78 is 16.3. The van der Waals surface area contributed by atoms with Gasteiger partial charge in [0.05, 0.1) is 18.1 Å². The molecule has 3 rings (SSSR count). The highest BCUT2D eigenvalue weighted by Gasteiger charge is 2.45. The first kappa shape index (κ1) is 19.5. The Balaban J connectivity index is 1.55. The Morgan fingerprint density at radius 2 is 1.78 bits per heavy atom. The van der Waals surface area contributed by atoms with Crippen molar-refractivity contribution in [2.45, 2.75) is 38.6 Å². The third-order valence-corrected chi connectivity index (χ3v) is 4.65. The summed E-state index contributed by atoms with van der Waals surface area (Å²) in [6, 6.07) is 16.8. The van der Waals surface area contributed by atoms with Crippen LogP contribution in [0.2, 0.25) is 0 Å². The lowest BCUT2D eigenvalue weighted by atomic mass is 10.0. The van der Waals surface area contributed by atoms with E-state index in [1.54, 1.807) is 12.1 Å². The van der Waals surface area contributed by atoms with Gasteiger partial charge in [-0.25, -0.2) is 4.79 Å². The van der Waals surface area contributed by atoms with Crippen LogP contribution in [0.15, 0.2) is 54.6 Å². The zero-order valence-electron chi connectivity index (χ0n) is 15.2. The van der Waals surface area contributed by atoms with E-state index < -0.39 is 30.6 Å². The van der Waals surface area contributed by atoms with Crippen molar-refractivity contribution in [2.75, 3.05) is 6.61 Å². The summed E-state index contributed by atoms with van der Waals surface area (Å²) in [7, 11) is 0. The van der Waals surface area contributed by atoms with Crippen LogP contribution in [-0.2, 0) is 20.8 Å². The van der Waals surface area contributed by atoms with Crippen molar-refractivity contribution in [1.82, 2.24) is 0 Å². The molecule has 27 heavy (non-hydrogen) atoms. The van der Waals surface area contributed by atoms with E-state index in [2.05, 4.69) is 0 Å². The van der Waals surface area contributed by atoms with Crippen LogP contribution in [0.5, 0.6) is 0 Å². The Labute approximate surface area is 158 Å². The minimum Gasteiger partial charge on any atom is -0.432 e. The van der Waals surface area contributed by atoms with Crippen LogP contribution in [0.4, 0.5) is 0 Å². The summed E-state index contributed by atoms with van der Waals surface area (Å²) >= 11 is 0. The molecule has 1 aliphatic rings. The number of rotatable bonds is 7. The lowest BCUT2D eigenvalue weighted by molar-refractivity contribution is -0.180. The third kappa shape index (κ3) is 4.93. The second-order valence-corrected chi connectivity index (χ2v) is 6.60. The molecule has 0 radical (unpaired) electrons. The standard InChI is InChI=1S/C21H24O6/c1-14-7-5-6-10-16(14)19(23)26-21-17(18(22)20(24)27-21)11-12-25-13-15-8-3-2-4-9-15/h2-10,17-18,20-22,24H,11-13H2,1H3/t17-,18+,20?,21+/m0/s1. The number of aliphatic hydroxyl groups excluding tert-OH is 2. The molecule has 6 heteroatoms. The molecule has 1 heterocycles. The van der Waals surface area contributed by atoms with E-state index in [0.29, 0.717) is 25.2 Å². The zero-order valence-corrected chi connectivity index (χ0v) is 15.2. The van der Waals surface area contributed by atoms with Crippen molar-refractivity contribution >= 4 is 5.97 Å². The van der Waals surface area contributed by atoms with Gasteiger partial charge in [0.2, 0.25) is 6.29 Å². The number of aliphatic hydroxyl groups is 2. The van der Waals surface area contributed by atoms with Gasteiger partial charge in [0.1, 0.15) is 6.10 Å². The predicted molar refractivity (Wildman–Crippen MR) is 97.7 cm³/mol. The van der Waals surface area contributed by atoms with Gasteiger partial charge < -0.3 is 24.4 Å². The van der Waals surface area contributed by atoms with Crippen LogP contribution in [0.1, 0.15) is 27.9 Å². The van der Waals surface area contributed by atoms with Crippen molar-refractivity contribution < 1.29 is 29.2 Å². The van der Waals surface area contributed by atoms with Crippen LogP contribution in [0.3, 0.4) is 0 Å². The van der Waals surface area contributed by atoms with Gasteiger partial charge in [-0.3, -0.25) is 0 Å². The fourth-order valence-electron chi connectivity index (χ4n) is 3.07. The number of aryl methyl sites for hydroxylation is 1. The average Bonchev–Trinajstić information content (AvgIpc) is 2.93. The van der Waals surface area contributed by atoms with Crippen molar-refractivity contribution in [3.8, 4) is 0 Å². The van der Waals surface area contributed by atoms with Gasteiger partial charge in [-0.15, -0.1) is 0 Å². The first-order valence-corrected chi connectivity index (χ1v) is 8.96. The molecular formula is C21H24O6. The second kappa shape index (κ2) is 9.10. The maximum absolute atomic E-state index is 12.4. The van der Waals surface area contributed by atoms with E-state index in [1.807, 2.05) is 49.4 Å². The summed E-state index contributed by atoms with van der Waals surface area (Å²) in [5, 5.41) is 20.0. The monoisotopic (exact) mass is 372 g/mol. The Morgan fingerprint density at radius 3 is 2.52 bits per heavy atom. The number of benzene rings is 2. The Bertz CT molecular complexity index is 747. The van der Waals surface area contributed by atoms with Crippen LogP contribution in [0.25, 0.3) is 0 Å². The van der Waals surface area contributed by atoms with Gasteiger partial charge in [0.25, 0.3) is 0 Å². The van der Waals surface area contributed by atoms with Gasteiger partial charge in [0.15, 0.2) is 6.29 Å². The molecular weight excluding hydrogens is 348 g/mol. The molecule has 1 saturated heterocycles. The normalized spacial score (nSPS) is 24.7. The molecule has 2 N–H and O–H groups in total. The summed E-state index contributed by atoms with van der Waals surface area (Å²) in [4.78, 5) is 12.4. The molecule has 1 fully saturated rings. The van der Waals surface area contributed by atoms with E-state index in [1.165, 1.54) is 0 Å². The van der Waals surface area contributed by atoms with Gasteiger partial charge in [0, 0.05) is 6.61 Å². The molecule has 0 saturated carbocycles. The van der Waals surface area contributed by atoms with E-state index >= 15 is 0 Å². The third-order valence-electron chi connectivity index (χ3n) is 4.65. The lowest BCUT2D eigenvalue weighted by Crippen LogP contribution is -2.30. The summed E-state index contributed by atoms with van der Waals surface area (Å²) in [6.07, 6.45) is -3.17. The number of esters is 1. The number of carbonyl (C=O) groups is 1. The first-order valence-electron chi connectivity index (χ1n) is 8.96. The lowest BCUT2D eigenvalue weighted by Gasteiger charge is -2.20. The number of ether oxygens (including phenoxy) is 3. The molecule has 144 valence electrons. The molecule has 0 aromatic heterocycles. The molecule has 4 atom stereocenters. The van der Waals surface area contributed by atoms with E-state index in [0.717, 1.165) is 11.1 Å². The maximum atomic E-state index is 12.4. The van der Waals surface area contributed by atoms with Gasteiger partial charge in [-0.2, -0.15) is 0 Å². The van der Waals surface area contributed by atoms with Crippen molar-refractivity contribution in [2.24, 2.45) is 5.92 Å².